The van der Waals surface area contributed by atoms with Gasteiger partial charge < -0.3 is 0 Å². The van der Waals surface area contributed by atoms with E-state index in [0.29, 0.717) is 11.1 Å². The molecule has 32 heavy (non-hydrogen) atoms. The molecule has 0 saturated carbocycles. The van der Waals surface area contributed by atoms with Crippen LogP contribution in [0.4, 0.5) is 0 Å². The van der Waals surface area contributed by atoms with Crippen LogP contribution in [-0.2, 0) is 0 Å². The zero-order valence-corrected chi connectivity index (χ0v) is 17.8. The molecule has 0 N–H and O–H groups in total. The minimum Gasteiger partial charge on any atom is -0.289 e. The average Bonchev–Trinajstić information content (AvgIpc) is 2.84. The Hall–Kier alpha value is -4.30. The SMILES string of the molecule is O=C(/C=C/C=C/C=C/C=C/C=C/C=C/C=C/C=C/C(=O)c1ccccc1)c1ccccc1. The van der Waals surface area contributed by atoms with E-state index in [1.54, 1.807) is 48.6 Å². The minimum atomic E-state index is -0.0103. The molecular weight excluding hydrogens is 392 g/mol. The lowest BCUT2D eigenvalue weighted by molar-refractivity contribution is 0.103. The summed E-state index contributed by atoms with van der Waals surface area (Å²) in [7, 11) is 0. The molecule has 0 aromatic heterocycles. The quantitative estimate of drug-likeness (QED) is 0.220. The predicted octanol–water partition coefficient (Wildman–Crippen LogP) is 7.20. The van der Waals surface area contributed by atoms with Crippen molar-refractivity contribution < 1.29 is 9.59 Å². The maximum Gasteiger partial charge on any atom is 0.185 e. The average molecular weight is 419 g/mol. The third-order valence-corrected chi connectivity index (χ3v) is 4.06. The number of hydrogen-bond donors (Lipinski definition) is 0. The lowest BCUT2D eigenvalue weighted by Crippen LogP contribution is -1.92. The van der Waals surface area contributed by atoms with Gasteiger partial charge in [-0.2, -0.15) is 0 Å². The van der Waals surface area contributed by atoms with E-state index in [0.717, 1.165) is 0 Å². The second-order valence-electron chi connectivity index (χ2n) is 6.49. The van der Waals surface area contributed by atoms with Crippen molar-refractivity contribution in [3.05, 3.63) is 169 Å². The molecule has 2 aromatic rings. The number of ketones is 2. The molecule has 158 valence electrons. The molecule has 2 nitrogen and oxygen atoms in total. The normalized spacial score (nSPS) is 12.9. The number of allylic oxidation sites excluding steroid dienone is 16. The Morgan fingerprint density at radius 3 is 0.906 bits per heavy atom. The van der Waals surface area contributed by atoms with Gasteiger partial charge in [0.05, 0.1) is 0 Å². The Morgan fingerprint density at radius 1 is 0.375 bits per heavy atom. The fraction of sp³-hybridized carbons (Fsp3) is 0. The van der Waals surface area contributed by atoms with E-state index >= 15 is 0 Å². The molecule has 0 unspecified atom stereocenters. The summed E-state index contributed by atoms with van der Waals surface area (Å²) in [5.41, 5.74) is 1.36. The smallest absolute Gasteiger partial charge is 0.185 e. The zero-order chi connectivity index (χ0) is 22.7. The molecule has 0 bridgehead atoms. The van der Waals surface area contributed by atoms with Gasteiger partial charge in [-0.3, -0.25) is 9.59 Å². The molecule has 0 radical (unpaired) electrons. The topological polar surface area (TPSA) is 34.1 Å². The van der Waals surface area contributed by atoms with Crippen molar-refractivity contribution in [3.63, 3.8) is 0 Å². The van der Waals surface area contributed by atoms with E-state index in [-0.39, 0.29) is 11.6 Å². The van der Waals surface area contributed by atoms with Crippen LogP contribution in [0.3, 0.4) is 0 Å². The molecule has 2 heteroatoms. The molecule has 2 rings (SSSR count). The maximum atomic E-state index is 11.9. The summed E-state index contributed by atoms with van der Waals surface area (Å²) in [5, 5.41) is 0. The number of carbonyl (C=O) groups excluding carboxylic acids is 2. The Kier molecular flexibility index (Phi) is 11.6. The predicted molar refractivity (Wildman–Crippen MR) is 135 cm³/mol. The van der Waals surface area contributed by atoms with Crippen molar-refractivity contribution in [3.8, 4) is 0 Å². The van der Waals surface area contributed by atoms with Gasteiger partial charge in [0, 0.05) is 11.1 Å². The first-order valence-electron chi connectivity index (χ1n) is 10.3. The molecule has 0 aliphatic carbocycles. The van der Waals surface area contributed by atoms with Crippen molar-refractivity contribution in [1.82, 2.24) is 0 Å². The highest BCUT2D eigenvalue weighted by Crippen LogP contribution is 2.01. The third kappa shape index (κ3) is 10.5. The fourth-order valence-electron chi connectivity index (χ4n) is 2.45. The van der Waals surface area contributed by atoms with Gasteiger partial charge in [-0.25, -0.2) is 0 Å². The largest absolute Gasteiger partial charge is 0.289 e. The first kappa shape index (κ1) is 24.0. The first-order valence-corrected chi connectivity index (χ1v) is 10.3. The molecule has 0 fully saturated rings. The van der Waals surface area contributed by atoms with Gasteiger partial charge >= 0.3 is 0 Å². The molecular formula is C30H26O2. The minimum absolute atomic E-state index is 0.0103. The molecule has 0 saturated heterocycles. The number of carbonyl (C=O) groups is 2. The Morgan fingerprint density at radius 2 is 0.625 bits per heavy atom. The van der Waals surface area contributed by atoms with Gasteiger partial charge in [0.2, 0.25) is 0 Å². The summed E-state index contributed by atoms with van der Waals surface area (Å²) in [4.78, 5) is 23.8. The molecule has 0 aliphatic heterocycles. The van der Waals surface area contributed by atoms with Crippen molar-refractivity contribution in [2.45, 2.75) is 0 Å². The van der Waals surface area contributed by atoms with Crippen molar-refractivity contribution in [2.24, 2.45) is 0 Å². The molecule has 0 heterocycles. The number of hydrogen-bond acceptors (Lipinski definition) is 2. The fourth-order valence-corrected chi connectivity index (χ4v) is 2.45. The molecule has 0 atom stereocenters. The summed E-state index contributed by atoms with van der Waals surface area (Å²) < 4.78 is 0. The molecule has 0 aliphatic rings. The molecule has 0 spiro atoms. The van der Waals surface area contributed by atoms with E-state index in [9.17, 15) is 9.59 Å². The highest BCUT2D eigenvalue weighted by atomic mass is 16.1. The van der Waals surface area contributed by atoms with Crippen LogP contribution in [0.5, 0.6) is 0 Å². The summed E-state index contributed by atoms with van der Waals surface area (Å²) in [6.45, 7) is 0. The van der Waals surface area contributed by atoms with Gasteiger partial charge in [0.25, 0.3) is 0 Å². The lowest BCUT2D eigenvalue weighted by Gasteiger charge is -1.92. The standard InChI is InChI=1S/C30H26O2/c31-29(27-21-15-13-16-22-27)25-19-11-9-7-5-3-1-2-4-6-8-10-12-20-26-30(32)28-23-17-14-18-24-28/h1-26H/b3-1+,4-2+,7-5+,8-6+,11-9+,12-10+,25-19+,26-20+. The molecule has 0 amide bonds. The van der Waals surface area contributed by atoms with Crippen LogP contribution in [0.15, 0.2) is 158 Å². The van der Waals surface area contributed by atoms with Crippen LogP contribution in [0.25, 0.3) is 0 Å². The highest BCUT2D eigenvalue weighted by Gasteiger charge is 1.98. The van der Waals surface area contributed by atoms with E-state index in [4.69, 9.17) is 0 Å². The van der Waals surface area contributed by atoms with E-state index < -0.39 is 0 Å². The summed E-state index contributed by atoms with van der Waals surface area (Å²) in [6, 6.07) is 18.4. The number of rotatable bonds is 11. The van der Waals surface area contributed by atoms with Crippen LogP contribution in [0.2, 0.25) is 0 Å². The zero-order valence-electron chi connectivity index (χ0n) is 17.8. The summed E-state index contributed by atoms with van der Waals surface area (Å²) >= 11 is 0. The van der Waals surface area contributed by atoms with Gasteiger partial charge in [-0.05, 0) is 12.2 Å². The van der Waals surface area contributed by atoms with Crippen LogP contribution in [0, 0.1) is 0 Å². The van der Waals surface area contributed by atoms with Gasteiger partial charge in [0.15, 0.2) is 11.6 Å². The maximum absolute atomic E-state index is 11.9. The van der Waals surface area contributed by atoms with Crippen LogP contribution < -0.4 is 0 Å². The van der Waals surface area contributed by atoms with Gasteiger partial charge in [0.1, 0.15) is 0 Å². The van der Waals surface area contributed by atoms with Gasteiger partial charge in [-0.1, -0.05) is 146 Å². The van der Waals surface area contributed by atoms with E-state index in [2.05, 4.69) is 0 Å². The van der Waals surface area contributed by atoms with E-state index in [1.165, 1.54) is 0 Å². The first-order chi connectivity index (χ1) is 15.8. The number of benzene rings is 2. The second kappa shape index (κ2) is 15.5. The monoisotopic (exact) mass is 418 g/mol. The van der Waals surface area contributed by atoms with Crippen molar-refractivity contribution in [2.75, 3.05) is 0 Å². The van der Waals surface area contributed by atoms with Crippen molar-refractivity contribution >= 4 is 11.6 Å². The Labute approximate surface area is 190 Å². The Bertz CT molecular complexity index is 985. The van der Waals surface area contributed by atoms with Crippen LogP contribution in [-0.4, -0.2) is 11.6 Å². The van der Waals surface area contributed by atoms with Crippen LogP contribution >= 0.6 is 0 Å². The highest BCUT2D eigenvalue weighted by molar-refractivity contribution is 6.05. The van der Waals surface area contributed by atoms with Crippen LogP contribution in [0.1, 0.15) is 20.7 Å². The van der Waals surface area contributed by atoms with E-state index in [1.807, 2.05) is 109 Å². The summed E-state index contributed by atoms with van der Waals surface area (Å²) in [6.07, 6.45) is 29.2. The Balaban J connectivity index is 1.62. The second-order valence-corrected chi connectivity index (χ2v) is 6.49. The third-order valence-electron chi connectivity index (χ3n) is 4.06. The van der Waals surface area contributed by atoms with Crippen molar-refractivity contribution in [1.29, 1.82) is 0 Å². The van der Waals surface area contributed by atoms with Gasteiger partial charge in [-0.15, -0.1) is 0 Å². The summed E-state index contributed by atoms with van der Waals surface area (Å²) in [5.74, 6) is -0.0206. The lowest BCUT2D eigenvalue weighted by atomic mass is 10.1. The molecule has 2 aromatic carbocycles.